The van der Waals surface area contributed by atoms with Crippen molar-refractivity contribution < 1.29 is 14.7 Å². The zero-order valence-corrected chi connectivity index (χ0v) is 13.4. The van der Waals surface area contributed by atoms with Crippen LogP contribution < -0.4 is 5.32 Å². The Morgan fingerprint density at radius 1 is 1.42 bits per heavy atom. The van der Waals surface area contributed by atoms with E-state index in [1.54, 1.807) is 19.9 Å². The molecule has 0 spiro atoms. The molecule has 0 radical (unpaired) electrons. The fourth-order valence-corrected chi connectivity index (χ4v) is 2.15. The van der Waals surface area contributed by atoms with Gasteiger partial charge in [-0.2, -0.15) is 0 Å². The summed E-state index contributed by atoms with van der Waals surface area (Å²) in [5, 5.41) is 11.9. The van der Waals surface area contributed by atoms with Gasteiger partial charge in [0.15, 0.2) is 0 Å². The summed E-state index contributed by atoms with van der Waals surface area (Å²) in [5.41, 5.74) is 0.694. The molecule has 2 N–H and O–H groups in total. The lowest BCUT2D eigenvalue weighted by molar-refractivity contribution is -0.147. The number of hydrogen-bond donors (Lipinski definition) is 2. The van der Waals surface area contributed by atoms with E-state index in [0.29, 0.717) is 12.0 Å². The van der Waals surface area contributed by atoms with Gasteiger partial charge < -0.3 is 10.4 Å². The monoisotopic (exact) mass is 375 g/mol. The molecule has 104 valence electrons. The molecule has 1 atom stereocenters. The SMILES string of the molecule is CCC(C)(CNC(=O)c1cccc(C)c1I)C(=O)O. The highest BCUT2D eigenvalue weighted by atomic mass is 127. The molecule has 5 heteroatoms. The number of rotatable bonds is 5. The maximum Gasteiger partial charge on any atom is 0.311 e. The van der Waals surface area contributed by atoms with Gasteiger partial charge in [-0.25, -0.2) is 0 Å². The van der Waals surface area contributed by atoms with Crippen LogP contribution in [0.2, 0.25) is 0 Å². The lowest BCUT2D eigenvalue weighted by Crippen LogP contribution is -2.40. The summed E-state index contributed by atoms with van der Waals surface area (Å²) in [6.45, 7) is 5.50. The van der Waals surface area contributed by atoms with E-state index in [4.69, 9.17) is 5.11 Å². The number of halogens is 1. The topological polar surface area (TPSA) is 66.4 Å². The van der Waals surface area contributed by atoms with Crippen molar-refractivity contribution in [3.63, 3.8) is 0 Å². The summed E-state index contributed by atoms with van der Waals surface area (Å²) in [4.78, 5) is 23.3. The van der Waals surface area contributed by atoms with Crippen LogP contribution in [0.1, 0.15) is 36.2 Å². The molecule has 1 unspecified atom stereocenters. The zero-order valence-electron chi connectivity index (χ0n) is 11.3. The van der Waals surface area contributed by atoms with Gasteiger partial charge in [-0.05, 0) is 54.5 Å². The quantitative estimate of drug-likeness (QED) is 0.778. The largest absolute Gasteiger partial charge is 0.481 e. The van der Waals surface area contributed by atoms with Crippen LogP contribution in [-0.2, 0) is 4.79 Å². The Hall–Kier alpha value is -1.11. The van der Waals surface area contributed by atoms with Crippen LogP contribution in [0.5, 0.6) is 0 Å². The standard InChI is InChI=1S/C14H18INO3/c1-4-14(3,13(18)19)8-16-12(17)10-7-5-6-9(2)11(10)15/h5-7H,4,8H2,1-3H3,(H,16,17)(H,18,19). The summed E-state index contributed by atoms with van der Waals surface area (Å²) in [6, 6.07) is 5.50. The maximum atomic E-state index is 12.1. The number of carbonyl (C=O) groups is 2. The van der Waals surface area contributed by atoms with E-state index < -0.39 is 11.4 Å². The van der Waals surface area contributed by atoms with Crippen LogP contribution in [0.4, 0.5) is 0 Å². The van der Waals surface area contributed by atoms with Gasteiger partial charge >= 0.3 is 5.97 Å². The molecule has 0 aliphatic rings. The van der Waals surface area contributed by atoms with Crippen LogP contribution in [-0.4, -0.2) is 23.5 Å². The number of amides is 1. The molecular weight excluding hydrogens is 357 g/mol. The Balaban J connectivity index is 2.81. The van der Waals surface area contributed by atoms with E-state index in [1.807, 2.05) is 19.1 Å². The molecule has 0 aliphatic heterocycles. The second-order valence-corrected chi connectivity index (χ2v) is 5.92. The van der Waals surface area contributed by atoms with Crippen LogP contribution in [0.15, 0.2) is 18.2 Å². The van der Waals surface area contributed by atoms with Gasteiger partial charge in [-0.15, -0.1) is 0 Å². The number of carbonyl (C=O) groups excluding carboxylic acids is 1. The number of aryl methyl sites for hydroxylation is 1. The third-order valence-electron chi connectivity index (χ3n) is 3.37. The molecule has 0 aliphatic carbocycles. The van der Waals surface area contributed by atoms with E-state index >= 15 is 0 Å². The highest BCUT2D eigenvalue weighted by Gasteiger charge is 2.31. The van der Waals surface area contributed by atoms with Crippen LogP contribution in [0, 0.1) is 15.9 Å². The van der Waals surface area contributed by atoms with Crippen molar-refractivity contribution in [2.75, 3.05) is 6.54 Å². The van der Waals surface area contributed by atoms with Gasteiger partial charge in [0, 0.05) is 10.1 Å². The molecule has 1 rings (SSSR count). The molecule has 0 bridgehead atoms. The zero-order chi connectivity index (χ0) is 14.6. The van der Waals surface area contributed by atoms with Crippen LogP contribution in [0.3, 0.4) is 0 Å². The van der Waals surface area contributed by atoms with Gasteiger partial charge in [0.2, 0.25) is 0 Å². The molecule has 0 aromatic heterocycles. The summed E-state index contributed by atoms with van der Waals surface area (Å²) < 4.78 is 0.895. The van der Waals surface area contributed by atoms with Crippen molar-refractivity contribution in [1.82, 2.24) is 5.32 Å². The first-order valence-corrected chi connectivity index (χ1v) is 7.16. The average molecular weight is 375 g/mol. The minimum atomic E-state index is -0.926. The Labute approximate surface area is 126 Å². The number of hydrogen-bond acceptors (Lipinski definition) is 2. The number of carboxylic acids is 1. The Bertz CT molecular complexity index is 501. The smallest absolute Gasteiger partial charge is 0.311 e. The van der Waals surface area contributed by atoms with Crippen molar-refractivity contribution in [3.05, 3.63) is 32.9 Å². The maximum absolute atomic E-state index is 12.1. The third-order valence-corrected chi connectivity index (χ3v) is 4.80. The summed E-state index contributed by atoms with van der Waals surface area (Å²) in [7, 11) is 0. The van der Waals surface area contributed by atoms with E-state index in [9.17, 15) is 9.59 Å². The molecule has 0 saturated carbocycles. The normalized spacial score (nSPS) is 13.7. The minimum Gasteiger partial charge on any atom is -0.481 e. The molecule has 1 aromatic rings. The van der Waals surface area contributed by atoms with Gasteiger partial charge in [0.25, 0.3) is 5.91 Å². The third kappa shape index (κ3) is 3.68. The highest BCUT2D eigenvalue weighted by molar-refractivity contribution is 14.1. The highest BCUT2D eigenvalue weighted by Crippen LogP contribution is 2.21. The predicted octanol–water partition coefficient (Wildman–Crippen LogP) is 2.83. The lowest BCUT2D eigenvalue weighted by atomic mass is 9.87. The molecule has 1 aromatic carbocycles. The molecule has 1 amide bonds. The fourth-order valence-electron chi connectivity index (χ4n) is 1.55. The molecular formula is C14H18INO3. The second kappa shape index (κ2) is 6.36. The van der Waals surface area contributed by atoms with Gasteiger partial charge in [-0.1, -0.05) is 19.1 Å². The fraction of sp³-hybridized carbons (Fsp3) is 0.429. The van der Waals surface area contributed by atoms with Gasteiger partial charge in [0.05, 0.1) is 11.0 Å². The lowest BCUT2D eigenvalue weighted by Gasteiger charge is -2.23. The van der Waals surface area contributed by atoms with E-state index in [-0.39, 0.29) is 12.5 Å². The molecule has 0 fully saturated rings. The van der Waals surface area contributed by atoms with Crippen molar-refractivity contribution in [3.8, 4) is 0 Å². The molecule has 0 saturated heterocycles. The van der Waals surface area contributed by atoms with E-state index in [0.717, 1.165) is 9.13 Å². The summed E-state index contributed by atoms with van der Waals surface area (Å²) in [6.07, 6.45) is 0.466. The minimum absolute atomic E-state index is 0.127. The van der Waals surface area contributed by atoms with Crippen molar-refractivity contribution in [1.29, 1.82) is 0 Å². The van der Waals surface area contributed by atoms with E-state index in [2.05, 4.69) is 27.9 Å². The van der Waals surface area contributed by atoms with Crippen molar-refractivity contribution >= 4 is 34.5 Å². The van der Waals surface area contributed by atoms with Gasteiger partial charge in [-0.3, -0.25) is 9.59 Å². The Morgan fingerprint density at radius 2 is 2.05 bits per heavy atom. The Morgan fingerprint density at radius 3 is 2.58 bits per heavy atom. The van der Waals surface area contributed by atoms with Gasteiger partial charge in [0.1, 0.15) is 0 Å². The van der Waals surface area contributed by atoms with Crippen molar-refractivity contribution in [2.45, 2.75) is 27.2 Å². The van der Waals surface area contributed by atoms with Crippen molar-refractivity contribution in [2.24, 2.45) is 5.41 Å². The molecule has 4 nitrogen and oxygen atoms in total. The van der Waals surface area contributed by atoms with E-state index in [1.165, 1.54) is 0 Å². The molecule has 0 heterocycles. The number of carboxylic acid groups (broad SMARTS) is 1. The molecule has 19 heavy (non-hydrogen) atoms. The number of nitrogens with one attached hydrogen (secondary N) is 1. The number of benzene rings is 1. The first kappa shape index (κ1) is 15.9. The number of aliphatic carboxylic acids is 1. The summed E-state index contributed by atoms with van der Waals surface area (Å²) >= 11 is 2.13. The van der Waals surface area contributed by atoms with Crippen LogP contribution in [0.25, 0.3) is 0 Å². The predicted molar refractivity (Wildman–Crippen MR) is 82.3 cm³/mol. The second-order valence-electron chi connectivity index (χ2n) is 4.84. The average Bonchev–Trinajstić information content (AvgIpc) is 2.38. The summed E-state index contributed by atoms with van der Waals surface area (Å²) in [5.74, 6) is -1.12. The Kier molecular flexibility index (Phi) is 5.34. The first-order chi connectivity index (χ1) is 8.81. The van der Waals surface area contributed by atoms with Crippen LogP contribution >= 0.6 is 22.6 Å². The first-order valence-electron chi connectivity index (χ1n) is 6.08.